The SMILES string of the molecule is Cc1cccc(OCCNC(=O)COc2ccc(N(C)C(=O)NC(C)C)cc2)c1. The summed E-state index contributed by atoms with van der Waals surface area (Å²) in [5.74, 6) is 1.11. The number of carbonyl (C=O) groups excluding carboxylic acids is 2. The standard InChI is InChI=1S/C22H29N3O4/c1-16(2)24-22(27)25(4)18-8-10-19(11-9-18)29-15-21(26)23-12-13-28-20-7-5-6-17(3)14-20/h5-11,14,16H,12-13,15H2,1-4H3,(H,23,26)(H,24,27). The summed E-state index contributed by atoms with van der Waals surface area (Å²) in [4.78, 5) is 25.4. The Morgan fingerprint density at radius 3 is 2.41 bits per heavy atom. The maximum absolute atomic E-state index is 12.0. The molecule has 0 saturated carbocycles. The second-order valence-corrected chi connectivity index (χ2v) is 6.96. The molecule has 0 atom stereocenters. The van der Waals surface area contributed by atoms with Crippen molar-refractivity contribution in [3.05, 3.63) is 54.1 Å². The average Bonchev–Trinajstić information content (AvgIpc) is 2.69. The highest BCUT2D eigenvalue weighted by Gasteiger charge is 2.11. The number of nitrogens with one attached hydrogen (secondary N) is 2. The molecular weight excluding hydrogens is 370 g/mol. The monoisotopic (exact) mass is 399 g/mol. The first-order valence-corrected chi connectivity index (χ1v) is 9.58. The Morgan fingerprint density at radius 1 is 1.03 bits per heavy atom. The fourth-order valence-corrected chi connectivity index (χ4v) is 2.49. The van der Waals surface area contributed by atoms with E-state index in [0.717, 1.165) is 17.0 Å². The van der Waals surface area contributed by atoms with Crippen LogP contribution in [0.25, 0.3) is 0 Å². The molecule has 0 aliphatic rings. The molecule has 0 heterocycles. The number of urea groups is 1. The van der Waals surface area contributed by atoms with Crippen LogP contribution in [0.4, 0.5) is 10.5 Å². The number of hydrogen-bond donors (Lipinski definition) is 2. The van der Waals surface area contributed by atoms with Gasteiger partial charge >= 0.3 is 6.03 Å². The summed E-state index contributed by atoms with van der Waals surface area (Å²) < 4.78 is 11.1. The average molecular weight is 399 g/mol. The maximum atomic E-state index is 12.0. The molecule has 0 fully saturated rings. The topological polar surface area (TPSA) is 79.9 Å². The third-order valence-electron chi connectivity index (χ3n) is 3.99. The van der Waals surface area contributed by atoms with Gasteiger partial charge in [0.15, 0.2) is 6.61 Å². The third-order valence-corrected chi connectivity index (χ3v) is 3.99. The number of benzene rings is 2. The van der Waals surface area contributed by atoms with E-state index in [4.69, 9.17) is 9.47 Å². The predicted molar refractivity (Wildman–Crippen MR) is 114 cm³/mol. The summed E-state index contributed by atoms with van der Waals surface area (Å²) in [6, 6.07) is 14.6. The van der Waals surface area contributed by atoms with E-state index in [2.05, 4.69) is 10.6 Å². The first-order valence-electron chi connectivity index (χ1n) is 9.58. The largest absolute Gasteiger partial charge is 0.492 e. The number of anilines is 1. The lowest BCUT2D eigenvalue weighted by Crippen LogP contribution is -2.40. The Hall–Kier alpha value is -3.22. The number of carbonyl (C=O) groups is 2. The summed E-state index contributed by atoms with van der Waals surface area (Å²) in [6.07, 6.45) is 0. The molecule has 29 heavy (non-hydrogen) atoms. The van der Waals surface area contributed by atoms with Gasteiger partial charge in [0.25, 0.3) is 5.91 Å². The minimum absolute atomic E-state index is 0.0632. The first-order chi connectivity index (χ1) is 13.8. The van der Waals surface area contributed by atoms with Crippen LogP contribution in [0.3, 0.4) is 0 Å². The van der Waals surface area contributed by atoms with Crippen LogP contribution in [-0.4, -0.2) is 44.8 Å². The molecule has 0 aromatic heterocycles. The van der Waals surface area contributed by atoms with Crippen LogP contribution >= 0.6 is 0 Å². The van der Waals surface area contributed by atoms with E-state index in [1.807, 2.05) is 45.0 Å². The molecule has 7 nitrogen and oxygen atoms in total. The van der Waals surface area contributed by atoms with Crippen LogP contribution in [-0.2, 0) is 4.79 Å². The molecule has 156 valence electrons. The van der Waals surface area contributed by atoms with Gasteiger partial charge in [0.1, 0.15) is 18.1 Å². The van der Waals surface area contributed by atoms with Gasteiger partial charge in [-0.1, -0.05) is 12.1 Å². The predicted octanol–water partition coefficient (Wildman–Crippen LogP) is 3.12. The molecule has 7 heteroatoms. The lowest BCUT2D eigenvalue weighted by atomic mass is 10.2. The molecule has 2 rings (SSSR count). The number of nitrogens with zero attached hydrogens (tertiary/aromatic N) is 1. The minimum atomic E-state index is -0.227. The van der Waals surface area contributed by atoms with Crippen molar-refractivity contribution in [2.75, 3.05) is 31.7 Å². The lowest BCUT2D eigenvalue weighted by Gasteiger charge is -2.20. The third kappa shape index (κ3) is 7.73. The van der Waals surface area contributed by atoms with E-state index < -0.39 is 0 Å². The second-order valence-electron chi connectivity index (χ2n) is 6.96. The van der Waals surface area contributed by atoms with Crippen LogP contribution in [0.5, 0.6) is 11.5 Å². The van der Waals surface area contributed by atoms with Gasteiger partial charge in [-0.25, -0.2) is 4.79 Å². The molecule has 0 aliphatic heterocycles. The van der Waals surface area contributed by atoms with Crippen molar-refractivity contribution in [2.45, 2.75) is 26.8 Å². The summed E-state index contributed by atoms with van der Waals surface area (Å²) in [5.41, 5.74) is 1.85. The van der Waals surface area contributed by atoms with Crippen LogP contribution in [0.1, 0.15) is 19.4 Å². The molecule has 0 spiro atoms. The lowest BCUT2D eigenvalue weighted by molar-refractivity contribution is -0.123. The van der Waals surface area contributed by atoms with Gasteiger partial charge in [0, 0.05) is 18.8 Å². The summed E-state index contributed by atoms with van der Waals surface area (Å²) in [7, 11) is 1.69. The molecule has 0 saturated heterocycles. The summed E-state index contributed by atoms with van der Waals surface area (Å²) in [5, 5.41) is 5.58. The van der Waals surface area contributed by atoms with Gasteiger partial charge in [-0.15, -0.1) is 0 Å². The molecule has 0 unspecified atom stereocenters. The zero-order chi connectivity index (χ0) is 21.2. The van der Waals surface area contributed by atoms with Crippen molar-refractivity contribution in [1.82, 2.24) is 10.6 Å². The zero-order valence-electron chi connectivity index (χ0n) is 17.4. The first kappa shape index (κ1) is 22.1. The number of aryl methyl sites for hydroxylation is 1. The highest BCUT2D eigenvalue weighted by atomic mass is 16.5. The van der Waals surface area contributed by atoms with Crippen molar-refractivity contribution >= 4 is 17.6 Å². The van der Waals surface area contributed by atoms with E-state index in [0.29, 0.717) is 18.9 Å². The Kier molecular flexibility index (Phi) is 8.33. The van der Waals surface area contributed by atoms with Gasteiger partial charge in [0.05, 0.1) is 6.54 Å². The number of hydrogen-bond acceptors (Lipinski definition) is 4. The maximum Gasteiger partial charge on any atom is 0.321 e. The molecule has 0 bridgehead atoms. The van der Waals surface area contributed by atoms with Crippen molar-refractivity contribution in [2.24, 2.45) is 0 Å². The Bertz CT molecular complexity index is 806. The van der Waals surface area contributed by atoms with E-state index in [9.17, 15) is 9.59 Å². The molecular formula is C22H29N3O4. The minimum Gasteiger partial charge on any atom is -0.492 e. The number of amides is 3. The zero-order valence-corrected chi connectivity index (χ0v) is 17.4. The fraction of sp³-hybridized carbons (Fsp3) is 0.364. The van der Waals surface area contributed by atoms with Crippen molar-refractivity contribution in [3.8, 4) is 11.5 Å². The molecule has 0 radical (unpaired) electrons. The quantitative estimate of drug-likeness (QED) is 0.635. The van der Waals surface area contributed by atoms with E-state index in [1.165, 1.54) is 4.90 Å². The van der Waals surface area contributed by atoms with Gasteiger partial charge < -0.3 is 20.1 Å². The second kappa shape index (κ2) is 10.9. The van der Waals surface area contributed by atoms with Gasteiger partial charge in [-0.05, 0) is 62.7 Å². The number of rotatable bonds is 9. The molecule has 2 aromatic carbocycles. The van der Waals surface area contributed by atoms with Gasteiger partial charge in [-0.2, -0.15) is 0 Å². The van der Waals surface area contributed by atoms with E-state index in [1.54, 1.807) is 31.3 Å². The van der Waals surface area contributed by atoms with E-state index >= 15 is 0 Å². The van der Waals surface area contributed by atoms with E-state index in [-0.39, 0.29) is 24.6 Å². The Balaban J connectivity index is 1.69. The number of ether oxygens (including phenoxy) is 2. The summed E-state index contributed by atoms with van der Waals surface area (Å²) in [6.45, 7) is 6.49. The normalized spacial score (nSPS) is 10.4. The van der Waals surface area contributed by atoms with Gasteiger partial charge in [-0.3, -0.25) is 9.69 Å². The van der Waals surface area contributed by atoms with Crippen molar-refractivity contribution < 1.29 is 19.1 Å². The molecule has 0 aliphatic carbocycles. The smallest absolute Gasteiger partial charge is 0.321 e. The van der Waals surface area contributed by atoms with Crippen LogP contribution in [0.15, 0.2) is 48.5 Å². The highest BCUT2D eigenvalue weighted by Crippen LogP contribution is 2.18. The molecule has 2 N–H and O–H groups in total. The highest BCUT2D eigenvalue weighted by molar-refractivity contribution is 5.91. The van der Waals surface area contributed by atoms with Crippen LogP contribution in [0, 0.1) is 6.92 Å². The van der Waals surface area contributed by atoms with Crippen LogP contribution < -0.4 is 25.0 Å². The van der Waals surface area contributed by atoms with Crippen molar-refractivity contribution in [1.29, 1.82) is 0 Å². The van der Waals surface area contributed by atoms with Crippen molar-refractivity contribution in [3.63, 3.8) is 0 Å². The Labute approximate surface area is 172 Å². The van der Waals surface area contributed by atoms with Gasteiger partial charge in [0.2, 0.25) is 0 Å². The molecule has 3 amide bonds. The summed E-state index contributed by atoms with van der Waals surface area (Å²) >= 11 is 0. The fourth-order valence-electron chi connectivity index (χ4n) is 2.49. The Morgan fingerprint density at radius 2 is 1.76 bits per heavy atom. The van der Waals surface area contributed by atoms with Crippen LogP contribution in [0.2, 0.25) is 0 Å². The molecule has 2 aromatic rings.